The molecule has 0 saturated carbocycles. The zero-order valence-electron chi connectivity index (χ0n) is 13.4. The molecule has 0 aliphatic carbocycles. The highest BCUT2D eigenvalue weighted by atomic mass is 19.1. The fourth-order valence-corrected chi connectivity index (χ4v) is 2.20. The number of aryl methyl sites for hydroxylation is 1. The normalized spacial score (nSPS) is 13.4. The van der Waals surface area contributed by atoms with Gasteiger partial charge < -0.3 is 10.2 Å². The predicted octanol–water partition coefficient (Wildman–Crippen LogP) is 4.62. The molecule has 1 heterocycles. The third-order valence-electron chi connectivity index (χ3n) is 3.59. The van der Waals surface area contributed by atoms with Crippen molar-refractivity contribution >= 4 is 0 Å². The van der Waals surface area contributed by atoms with E-state index in [1.807, 2.05) is 27.7 Å². The topological polar surface area (TPSA) is 52.0 Å². The lowest BCUT2D eigenvalue weighted by Gasteiger charge is -2.25. The first-order chi connectivity index (χ1) is 10.2. The van der Waals surface area contributed by atoms with Crippen LogP contribution in [0.1, 0.15) is 51.6 Å². The molecule has 3 nitrogen and oxygen atoms in total. The quantitative estimate of drug-likeness (QED) is 0.896. The van der Waals surface area contributed by atoms with Gasteiger partial charge in [-0.15, -0.1) is 0 Å². The van der Waals surface area contributed by atoms with E-state index in [4.69, 9.17) is 10.2 Å². The largest absolute Gasteiger partial charge is 0.441 e. The maximum absolute atomic E-state index is 13.9. The van der Waals surface area contributed by atoms with Gasteiger partial charge in [-0.05, 0) is 30.0 Å². The molecule has 22 heavy (non-hydrogen) atoms. The van der Waals surface area contributed by atoms with Crippen molar-refractivity contribution in [1.29, 1.82) is 0 Å². The van der Waals surface area contributed by atoms with Crippen molar-refractivity contribution in [2.75, 3.05) is 0 Å². The van der Waals surface area contributed by atoms with Gasteiger partial charge in [-0.2, -0.15) is 0 Å². The van der Waals surface area contributed by atoms with Gasteiger partial charge in [-0.25, -0.2) is 13.8 Å². The monoisotopic (exact) mass is 308 g/mol. The second kappa shape index (κ2) is 6.16. The SMILES string of the molecule is CCCc1oc(-c2cc(F)ccc2F)nc1C(N)C(C)(C)C. The molecule has 0 aliphatic rings. The number of oxazole rings is 1. The van der Waals surface area contributed by atoms with Crippen LogP contribution >= 0.6 is 0 Å². The summed E-state index contributed by atoms with van der Waals surface area (Å²) in [6.07, 6.45) is 1.51. The van der Waals surface area contributed by atoms with Gasteiger partial charge in [0, 0.05) is 6.42 Å². The van der Waals surface area contributed by atoms with Gasteiger partial charge in [0.05, 0.1) is 11.6 Å². The zero-order valence-corrected chi connectivity index (χ0v) is 13.4. The number of aromatic nitrogens is 1. The molecule has 120 valence electrons. The number of nitrogens with two attached hydrogens (primary N) is 1. The van der Waals surface area contributed by atoms with E-state index in [0.29, 0.717) is 17.9 Å². The lowest BCUT2D eigenvalue weighted by atomic mass is 9.84. The van der Waals surface area contributed by atoms with Gasteiger partial charge in [0.15, 0.2) is 0 Å². The Labute approximate surface area is 129 Å². The van der Waals surface area contributed by atoms with Crippen molar-refractivity contribution in [2.45, 2.75) is 46.6 Å². The summed E-state index contributed by atoms with van der Waals surface area (Å²) in [6.45, 7) is 8.02. The number of halogens is 2. The highest BCUT2D eigenvalue weighted by Gasteiger charge is 2.29. The molecule has 0 bridgehead atoms. The van der Waals surface area contributed by atoms with Crippen molar-refractivity contribution in [2.24, 2.45) is 11.1 Å². The molecule has 0 amide bonds. The molecule has 1 atom stereocenters. The molecule has 1 aromatic carbocycles. The van der Waals surface area contributed by atoms with Gasteiger partial charge in [-0.3, -0.25) is 0 Å². The van der Waals surface area contributed by atoms with Crippen LogP contribution in [-0.2, 0) is 6.42 Å². The van der Waals surface area contributed by atoms with E-state index in [-0.39, 0.29) is 22.9 Å². The van der Waals surface area contributed by atoms with Crippen LogP contribution in [-0.4, -0.2) is 4.98 Å². The second-order valence-electron chi connectivity index (χ2n) is 6.55. The highest BCUT2D eigenvalue weighted by molar-refractivity contribution is 5.55. The summed E-state index contributed by atoms with van der Waals surface area (Å²) in [4.78, 5) is 4.37. The van der Waals surface area contributed by atoms with Gasteiger partial charge in [0.1, 0.15) is 23.1 Å². The van der Waals surface area contributed by atoms with Crippen LogP contribution in [0.5, 0.6) is 0 Å². The molecule has 2 N–H and O–H groups in total. The first-order valence-corrected chi connectivity index (χ1v) is 7.44. The third kappa shape index (κ3) is 3.35. The minimum atomic E-state index is -0.568. The average molecular weight is 308 g/mol. The Morgan fingerprint density at radius 2 is 1.95 bits per heavy atom. The maximum Gasteiger partial charge on any atom is 0.229 e. The highest BCUT2D eigenvalue weighted by Crippen LogP contribution is 2.35. The molecule has 0 spiro atoms. The molecule has 2 rings (SSSR count). The summed E-state index contributed by atoms with van der Waals surface area (Å²) in [5, 5.41) is 0. The number of hydrogen-bond acceptors (Lipinski definition) is 3. The van der Waals surface area contributed by atoms with Crippen LogP contribution in [0.2, 0.25) is 0 Å². The Kier molecular flexibility index (Phi) is 4.66. The van der Waals surface area contributed by atoms with Crippen LogP contribution in [0.25, 0.3) is 11.5 Å². The standard InChI is InChI=1S/C17H22F2N2O/c1-5-6-13-14(15(20)17(2,3)4)21-16(22-13)11-9-10(18)7-8-12(11)19/h7-9,15H,5-6,20H2,1-4H3. The molecule has 1 unspecified atom stereocenters. The second-order valence-corrected chi connectivity index (χ2v) is 6.55. The van der Waals surface area contributed by atoms with E-state index in [1.165, 1.54) is 0 Å². The lowest BCUT2D eigenvalue weighted by molar-refractivity contribution is 0.318. The fraction of sp³-hybridized carbons (Fsp3) is 0.471. The van der Waals surface area contributed by atoms with E-state index in [9.17, 15) is 8.78 Å². The molecule has 2 aromatic rings. The van der Waals surface area contributed by atoms with Crippen molar-refractivity contribution in [1.82, 2.24) is 4.98 Å². The van der Waals surface area contributed by atoms with Crippen LogP contribution in [0.15, 0.2) is 22.6 Å². The van der Waals surface area contributed by atoms with E-state index < -0.39 is 11.6 Å². The summed E-state index contributed by atoms with van der Waals surface area (Å²) in [7, 11) is 0. The smallest absolute Gasteiger partial charge is 0.229 e. The van der Waals surface area contributed by atoms with Gasteiger partial charge in [0.25, 0.3) is 0 Å². The third-order valence-corrected chi connectivity index (χ3v) is 3.59. The molecule has 0 aliphatic heterocycles. The first kappa shape index (κ1) is 16.6. The van der Waals surface area contributed by atoms with Crippen molar-refractivity contribution < 1.29 is 13.2 Å². The van der Waals surface area contributed by atoms with Crippen molar-refractivity contribution in [3.63, 3.8) is 0 Å². The Morgan fingerprint density at radius 3 is 2.55 bits per heavy atom. The number of nitrogens with zero attached hydrogens (tertiary/aromatic N) is 1. The molecule has 0 fully saturated rings. The number of rotatable bonds is 4. The van der Waals surface area contributed by atoms with E-state index in [2.05, 4.69) is 4.98 Å². The Balaban J connectivity index is 2.53. The summed E-state index contributed by atoms with van der Waals surface area (Å²) in [5.74, 6) is -0.381. The van der Waals surface area contributed by atoms with Crippen LogP contribution in [0.4, 0.5) is 8.78 Å². The zero-order chi connectivity index (χ0) is 16.5. The van der Waals surface area contributed by atoms with E-state index in [1.54, 1.807) is 0 Å². The maximum atomic E-state index is 13.9. The molecule has 0 saturated heterocycles. The minimum absolute atomic E-state index is 0.0183. The van der Waals surface area contributed by atoms with Gasteiger partial charge in [0.2, 0.25) is 5.89 Å². The van der Waals surface area contributed by atoms with Crippen LogP contribution in [0, 0.1) is 17.0 Å². The van der Waals surface area contributed by atoms with Crippen molar-refractivity contribution in [3.05, 3.63) is 41.3 Å². The van der Waals surface area contributed by atoms with Crippen LogP contribution in [0.3, 0.4) is 0 Å². The van der Waals surface area contributed by atoms with E-state index in [0.717, 1.165) is 24.6 Å². The Bertz CT molecular complexity index is 659. The van der Waals surface area contributed by atoms with Crippen molar-refractivity contribution in [3.8, 4) is 11.5 Å². The summed E-state index contributed by atoms with van der Waals surface area (Å²) < 4.78 is 33.0. The lowest BCUT2D eigenvalue weighted by Crippen LogP contribution is -2.27. The average Bonchev–Trinajstić information content (AvgIpc) is 2.83. The van der Waals surface area contributed by atoms with Crippen LogP contribution < -0.4 is 5.73 Å². The fourth-order valence-electron chi connectivity index (χ4n) is 2.20. The Morgan fingerprint density at radius 1 is 1.27 bits per heavy atom. The molecular weight excluding hydrogens is 286 g/mol. The summed E-state index contributed by atoms with van der Waals surface area (Å²) >= 11 is 0. The molecule has 1 aromatic heterocycles. The van der Waals surface area contributed by atoms with Gasteiger partial charge in [-0.1, -0.05) is 27.7 Å². The predicted molar refractivity (Wildman–Crippen MR) is 82.2 cm³/mol. The Hall–Kier alpha value is -1.75. The van der Waals surface area contributed by atoms with E-state index >= 15 is 0 Å². The molecule has 5 heteroatoms. The van der Waals surface area contributed by atoms with Gasteiger partial charge >= 0.3 is 0 Å². The summed E-state index contributed by atoms with van der Waals surface area (Å²) in [6, 6.07) is 2.88. The first-order valence-electron chi connectivity index (χ1n) is 7.44. The number of benzene rings is 1. The summed E-state index contributed by atoms with van der Waals surface area (Å²) in [5.41, 5.74) is 6.70. The number of hydrogen-bond donors (Lipinski definition) is 1. The molecule has 0 radical (unpaired) electrons. The molecular formula is C17H22F2N2O. The minimum Gasteiger partial charge on any atom is -0.441 e.